The quantitative estimate of drug-likeness (QED) is 0.774. The Bertz CT molecular complexity index is 458. The maximum atomic E-state index is 12.1. The third kappa shape index (κ3) is 3.48. The van der Waals surface area contributed by atoms with Crippen molar-refractivity contribution in [3.8, 4) is 0 Å². The molecule has 1 rings (SSSR count). The number of nitrogens with two attached hydrogens (primary N) is 1. The fourth-order valence-electron chi connectivity index (χ4n) is 1.63. The molecule has 5 nitrogen and oxygen atoms in total. The number of nitrogen functional groups attached to an aromatic ring is 1. The van der Waals surface area contributed by atoms with Gasteiger partial charge < -0.3 is 16.0 Å². The monoisotopic (exact) mass is 249 g/mol. The van der Waals surface area contributed by atoms with E-state index in [2.05, 4.69) is 5.32 Å². The summed E-state index contributed by atoms with van der Waals surface area (Å²) in [6, 6.07) is 5.18. The average molecular weight is 249 g/mol. The molecule has 0 aliphatic carbocycles. The fraction of sp³-hybridized carbons (Fsp3) is 0.385. The van der Waals surface area contributed by atoms with Crippen molar-refractivity contribution in [3.63, 3.8) is 0 Å². The molecule has 0 radical (unpaired) electrons. The molecule has 0 aliphatic rings. The lowest BCUT2D eigenvalue weighted by Gasteiger charge is -2.18. The van der Waals surface area contributed by atoms with E-state index in [9.17, 15) is 9.59 Å². The van der Waals surface area contributed by atoms with E-state index in [0.29, 0.717) is 24.2 Å². The number of nitrogens with zero attached hydrogens (tertiary/aromatic N) is 1. The largest absolute Gasteiger partial charge is 0.399 e. The van der Waals surface area contributed by atoms with Crippen LogP contribution in [-0.2, 0) is 4.79 Å². The Kier molecular flexibility index (Phi) is 4.71. The Morgan fingerprint density at radius 2 is 2.06 bits per heavy atom. The summed E-state index contributed by atoms with van der Waals surface area (Å²) in [6.07, 6.45) is 0.298. The van der Waals surface area contributed by atoms with Crippen molar-refractivity contribution in [1.29, 1.82) is 0 Å². The molecule has 5 heteroatoms. The van der Waals surface area contributed by atoms with Gasteiger partial charge in [0.1, 0.15) is 0 Å². The molecule has 0 unspecified atom stereocenters. The molecule has 0 saturated heterocycles. The van der Waals surface area contributed by atoms with Gasteiger partial charge in [0, 0.05) is 38.3 Å². The highest BCUT2D eigenvalue weighted by Crippen LogP contribution is 2.14. The number of benzene rings is 1. The minimum atomic E-state index is -0.101. The molecule has 1 aromatic carbocycles. The number of hydrogen-bond donors (Lipinski definition) is 2. The van der Waals surface area contributed by atoms with Crippen molar-refractivity contribution in [2.45, 2.75) is 13.3 Å². The first-order chi connectivity index (χ1) is 8.45. The number of aryl methyl sites for hydroxylation is 1. The van der Waals surface area contributed by atoms with Crippen molar-refractivity contribution in [2.24, 2.45) is 0 Å². The van der Waals surface area contributed by atoms with Crippen LogP contribution in [0.4, 0.5) is 5.69 Å². The first-order valence-corrected chi connectivity index (χ1v) is 5.78. The number of carbonyl (C=O) groups excluding carboxylic acids is 2. The van der Waals surface area contributed by atoms with E-state index < -0.39 is 0 Å². The Labute approximate surface area is 107 Å². The standard InChI is InChI=1S/C13H19N3O2/c1-9-8-10(14)4-5-11(9)13(18)16(3)7-6-12(17)15-2/h4-5,8H,6-7,14H2,1-3H3,(H,15,17). The van der Waals surface area contributed by atoms with Crippen molar-refractivity contribution in [3.05, 3.63) is 29.3 Å². The van der Waals surface area contributed by atoms with Crippen molar-refractivity contribution < 1.29 is 9.59 Å². The summed E-state index contributed by atoms with van der Waals surface area (Å²) in [7, 11) is 3.26. The van der Waals surface area contributed by atoms with Crippen LogP contribution >= 0.6 is 0 Å². The second-order valence-electron chi connectivity index (χ2n) is 4.22. The van der Waals surface area contributed by atoms with Crippen LogP contribution in [0.2, 0.25) is 0 Å². The predicted octanol–water partition coefficient (Wildman–Crippen LogP) is 0.785. The molecule has 3 N–H and O–H groups in total. The van der Waals surface area contributed by atoms with Gasteiger partial charge in [-0.25, -0.2) is 0 Å². The zero-order chi connectivity index (χ0) is 13.7. The van der Waals surface area contributed by atoms with E-state index in [4.69, 9.17) is 5.73 Å². The summed E-state index contributed by atoms with van der Waals surface area (Å²) in [4.78, 5) is 24.8. The summed E-state index contributed by atoms with van der Waals surface area (Å²) < 4.78 is 0. The van der Waals surface area contributed by atoms with Crippen LogP contribution in [0.3, 0.4) is 0 Å². The molecule has 0 aliphatic heterocycles. The van der Waals surface area contributed by atoms with Crippen LogP contribution < -0.4 is 11.1 Å². The van der Waals surface area contributed by atoms with E-state index >= 15 is 0 Å². The number of carbonyl (C=O) groups is 2. The van der Waals surface area contributed by atoms with Gasteiger partial charge >= 0.3 is 0 Å². The number of anilines is 1. The smallest absolute Gasteiger partial charge is 0.253 e. The number of hydrogen-bond acceptors (Lipinski definition) is 3. The minimum Gasteiger partial charge on any atom is -0.399 e. The van der Waals surface area contributed by atoms with E-state index in [0.717, 1.165) is 5.56 Å². The van der Waals surface area contributed by atoms with Crippen LogP contribution in [0, 0.1) is 6.92 Å². The second kappa shape index (κ2) is 6.05. The normalized spacial score (nSPS) is 9.94. The molecule has 0 atom stereocenters. The third-order valence-electron chi connectivity index (χ3n) is 2.78. The summed E-state index contributed by atoms with van der Waals surface area (Å²) in [5, 5.41) is 2.52. The SMILES string of the molecule is CNC(=O)CCN(C)C(=O)c1ccc(N)cc1C. The van der Waals surface area contributed by atoms with Crippen molar-refractivity contribution in [1.82, 2.24) is 10.2 Å². The Balaban J connectivity index is 2.71. The van der Waals surface area contributed by atoms with Gasteiger partial charge in [0.15, 0.2) is 0 Å². The van der Waals surface area contributed by atoms with Gasteiger partial charge in [-0.05, 0) is 30.7 Å². The van der Waals surface area contributed by atoms with E-state index in [1.807, 2.05) is 6.92 Å². The Morgan fingerprint density at radius 1 is 1.39 bits per heavy atom. The molecule has 1 aromatic rings. The Hall–Kier alpha value is -2.04. The summed E-state index contributed by atoms with van der Waals surface area (Å²) in [5.41, 5.74) is 7.73. The lowest BCUT2D eigenvalue weighted by molar-refractivity contribution is -0.120. The van der Waals surface area contributed by atoms with Gasteiger partial charge in [-0.15, -0.1) is 0 Å². The summed E-state index contributed by atoms with van der Waals surface area (Å²) in [5.74, 6) is -0.180. The molecular formula is C13H19N3O2. The van der Waals surface area contributed by atoms with Crippen LogP contribution in [-0.4, -0.2) is 37.4 Å². The van der Waals surface area contributed by atoms with E-state index in [-0.39, 0.29) is 11.8 Å². The lowest BCUT2D eigenvalue weighted by atomic mass is 10.1. The maximum absolute atomic E-state index is 12.1. The van der Waals surface area contributed by atoms with E-state index in [1.165, 1.54) is 4.90 Å². The molecule has 0 aromatic heterocycles. The molecular weight excluding hydrogens is 230 g/mol. The Morgan fingerprint density at radius 3 is 2.61 bits per heavy atom. The van der Waals surface area contributed by atoms with Crippen molar-refractivity contribution in [2.75, 3.05) is 26.4 Å². The van der Waals surface area contributed by atoms with E-state index in [1.54, 1.807) is 32.3 Å². The summed E-state index contributed by atoms with van der Waals surface area (Å²) >= 11 is 0. The van der Waals surface area contributed by atoms with Crippen LogP contribution in [0.1, 0.15) is 22.3 Å². The molecule has 0 bridgehead atoms. The molecule has 2 amide bonds. The lowest BCUT2D eigenvalue weighted by Crippen LogP contribution is -2.31. The van der Waals surface area contributed by atoms with Gasteiger partial charge in [-0.3, -0.25) is 9.59 Å². The van der Waals surface area contributed by atoms with Crippen molar-refractivity contribution >= 4 is 17.5 Å². The zero-order valence-electron chi connectivity index (χ0n) is 11.0. The first-order valence-electron chi connectivity index (χ1n) is 5.78. The van der Waals surface area contributed by atoms with Gasteiger partial charge in [0.05, 0.1) is 0 Å². The average Bonchev–Trinajstić information content (AvgIpc) is 2.34. The second-order valence-corrected chi connectivity index (χ2v) is 4.22. The van der Waals surface area contributed by atoms with Crippen LogP contribution in [0.25, 0.3) is 0 Å². The first kappa shape index (κ1) is 14.0. The van der Waals surface area contributed by atoms with Gasteiger partial charge in [-0.1, -0.05) is 0 Å². The molecule has 98 valence electrons. The highest BCUT2D eigenvalue weighted by atomic mass is 16.2. The van der Waals surface area contributed by atoms with Gasteiger partial charge in [0.25, 0.3) is 5.91 Å². The van der Waals surface area contributed by atoms with Gasteiger partial charge in [0.2, 0.25) is 5.91 Å². The maximum Gasteiger partial charge on any atom is 0.253 e. The molecule has 0 fully saturated rings. The van der Waals surface area contributed by atoms with Crippen LogP contribution in [0.15, 0.2) is 18.2 Å². The molecule has 18 heavy (non-hydrogen) atoms. The zero-order valence-corrected chi connectivity index (χ0v) is 11.0. The highest BCUT2D eigenvalue weighted by Gasteiger charge is 2.14. The van der Waals surface area contributed by atoms with Gasteiger partial charge in [-0.2, -0.15) is 0 Å². The minimum absolute atomic E-state index is 0.0799. The predicted molar refractivity (Wildman–Crippen MR) is 71.2 cm³/mol. The fourth-order valence-corrected chi connectivity index (χ4v) is 1.63. The highest BCUT2D eigenvalue weighted by molar-refractivity contribution is 5.96. The molecule has 0 saturated carbocycles. The number of nitrogens with one attached hydrogen (secondary N) is 1. The molecule has 0 heterocycles. The molecule has 0 spiro atoms. The number of rotatable bonds is 4. The van der Waals surface area contributed by atoms with Crippen LogP contribution in [0.5, 0.6) is 0 Å². The summed E-state index contributed by atoms with van der Waals surface area (Å²) in [6.45, 7) is 2.23. The number of amides is 2. The third-order valence-corrected chi connectivity index (χ3v) is 2.78. The topological polar surface area (TPSA) is 75.4 Å².